The van der Waals surface area contributed by atoms with Gasteiger partial charge in [0.25, 0.3) is 0 Å². The summed E-state index contributed by atoms with van der Waals surface area (Å²) in [6.07, 6.45) is 1.93. The first kappa shape index (κ1) is 12.3. The SMILES string of the molecule is Nc1ccc(SC2CCOCC2)c(C(=O)O)c1. The second kappa shape index (κ2) is 5.42. The van der Waals surface area contributed by atoms with E-state index in [1.54, 1.807) is 23.9 Å². The quantitative estimate of drug-likeness (QED) is 0.808. The average molecular weight is 253 g/mol. The van der Waals surface area contributed by atoms with Crippen LogP contribution in [0.4, 0.5) is 5.69 Å². The highest BCUT2D eigenvalue weighted by atomic mass is 32.2. The van der Waals surface area contributed by atoms with E-state index in [4.69, 9.17) is 15.6 Å². The topological polar surface area (TPSA) is 72.5 Å². The predicted molar refractivity (Wildman–Crippen MR) is 67.5 cm³/mol. The predicted octanol–water partition coefficient (Wildman–Crippen LogP) is 2.24. The Hall–Kier alpha value is -1.20. The molecule has 17 heavy (non-hydrogen) atoms. The fraction of sp³-hybridized carbons (Fsp3) is 0.417. The van der Waals surface area contributed by atoms with Crippen LogP contribution in [0.1, 0.15) is 23.2 Å². The molecule has 0 amide bonds. The number of carbonyl (C=O) groups is 1. The lowest BCUT2D eigenvalue weighted by Gasteiger charge is -2.22. The molecule has 1 aliphatic rings. The number of hydrogen-bond donors (Lipinski definition) is 2. The van der Waals surface area contributed by atoms with Crippen LogP contribution in [0.3, 0.4) is 0 Å². The van der Waals surface area contributed by atoms with Crippen molar-refractivity contribution in [3.05, 3.63) is 23.8 Å². The molecule has 1 heterocycles. The van der Waals surface area contributed by atoms with Crippen LogP contribution in [0.2, 0.25) is 0 Å². The third-order valence-corrected chi connectivity index (χ3v) is 4.11. The van der Waals surface area contributed by atoms with E-state index >= 15 is 0 Å². The first-order valence-corrected chi connectivity index (χ1v) is 6.42. The summed E-state index contributed by atoms with van der Waals surface area (Å²) in [5.74, 6) is -0.924. The number of hydrogen-bond acceptors (Lipinski definition) is 4. The molecule has 1 aliphatic heterocycles. The minimum absolute atomic E-state index is 0.293. The van der Waals surface area contributed by atoms with Crippen molar-refractivity contribution in [3.63, 3.8) is 0 Å². The smallest absolute Gasteiger partial charge is 0.336 e. The summed E-state index contributed by atoms with van der Waals surface area (Å²) < 4.78 is 5.28. The van der Waals surface area contributed by atoms with Gasteiger partial charge in [-0.15, -0.1) is 11.8 Å². The number of rotatable bonds is 3. The standard InChI is InChI=1S/C12H15NO3S/c13-8-1-2-11(10(7-8)12(14)15)17-9-3-5-16-6-4-9/h1-2,7,9H,3-6,13H2,(H,14,15). The largest absolute Gasteiger partial charge is 0.478 e. The summed E-state index contributed by atoms with van der Waals surface area (Å²) in [4.78, 5) is 11.9. The van der Waals surface area contributed by atoms with Crippen molar-refractivity contribution >= 4 is 23.4 Å². The Labute approximate surface area is 104 Å². The van der Waals surface area contributed by atoms with E-state index in [9.17, 15) is 4.79 Å². The number of nitrogens with two attached hydrogens (primary N) is 1. The van der Waals surface area contributed by atoms with Gasteiger partial charge in [-0.2, -0.15) is 0 Å². The lowest BCUT2D eigenvalue weighted by Crippen LogP contribution is -2.17. The highest BCUT2D eigenvalue weighted by Gasteiger charge is 2.18. The molecule has 1 aromatic rings. The Morgan fingerprint density at radius 3 is 2.76 bits per heavy atom. The molecule has 4 nitrogen and oxygen atoms in total. The molecule has 0 spiro atoms. The summed E-state index contributed by atoms with van der Waals surface area (Å²) in [5.41, 5.74) is 6.38. The average Bonchev–Trinajstić information content (AvgIpc) is 2.32. The lowest BCUT2D eigenvalue weighted by atomic mass is 10.2. The summed E-state index contributed by atoms with van der Waals surface area (Å²) >= 11 is 1.61. The minimum atomic E-state index is -0.924. The zero-order valence-corrected chi connectivity index (χ0v) is 10.2. The van der Waals surface area contributed by atoms with E-state index < -0.39 is 5.97 Å². The molecule has 3 N–H and O–H groups in total. The van der Waals surface area contributed by atoms with Gasteiger partial charge in [-0.25, -0.2) is 4.79 Å². The van der Waals surface area contributed by atoms with Gasteiger partial charge in [-0.3, -0.25) is 0 Å². The molecule has 2 rings (SSSR count). The normalized spacial score (nSPS) is 16.9. The number of benzene rings is 1. The van der Waals surface area contributed by atoms with Crippen LogP contribution >= 0.6 is 11.8 Å². The number of aromatic carboxylic acids is 1. The number of nitrogen functional groups attached to an aromatic ring is 1. The molecule has 0 radical (unpaired) electrons. The van der Waals surface area contributed by atoms with Crippen molar-refractivity contribution in [1.82, 2.24) is 0 Å². The molecule has 0 saturated carbocycles. The van der Waals surface area contributed by atoms with E-state index in [0.717, 1.165) is 31.0 Å². The fourth-order valence-electron chi connectivity index (χ4n) is 1.79. The van der Waals surface area contributed by atoms with Crippen molar-refractivity contribution in [1.29, 1.82) is 0 Å². The van der Waals surface area contributed by atoms with E-state index in [1.165, 1.54) is 6.07 Å². The van der Waals surface area contributed by atoms with Crippen molar-refractivity contribution in [3.8, 4) is 0 Å². The summed E-state index contributed by atoms with van der Waals surface area (Å²) in [6, 6.07) is 5.05. The molecule has 92 valence electrons. The number of anilines is 1. The third kappa shape index (κ3) is 3.14. The molecular formula is C12H15NO3S. The molecule has 1 saturated heterocycles. The maximum atomic E-state index is 11.1. The molecule has 5 heteroatoms. The van der Waals surface area contributed by atoms with Crippen LogP contribution in [0.5, 0.6) is 0 Å². The highest BCUT2D eigenvalue weighted by Crippen LogP contribution is 2.32. The van der Waals surface area contributed by atoms with Gasteiger partial charge >= 0.3 is 5.97 Å². The van der Waals surface area contributed by atoms with Gasteiger partial charge in [0.2, 0.25) is 0 Å². The lowest BCUT2D eigenvalue weighted by molar-refractivity contribution is 0.0693. The van der Waals surface area contributed by atoms with Gasteiger partial charge < -0.3 is 15.6 Å². The zero-order valence-electron chi connectivity index (χ0n) is 9.39. The van der Waals surface area contributed by atoms with E-state index in [-0.39, 0.29) is 0 Å². The zero-order chi connectivity index (χ0) is 12.3. The highest BCUT2D eigenvalue weighted by molar-refractivity contribution is 8.00. The number of thioether (sulfide) groups is 1. The van der Waals surface area contributed by atoms with E-state index in [1.807, 2.05) is 0 Å². The maximum absolute atomic E-state index is 11.1. The molecular weight excluding hydrogens is 238 g/mol. The van der Waals surface area contributed by atoms with E-state index in [2.05, 4.69) is 0 Å². The van der Waals surface area contributed by atoms with Crippen LogP contribution in [0.15, 0.2) is 23.1 Å². The van der Waals surface area contributed by atoms with E-state index in [0.29, 0.717) is 16.5 Å². The van der Waals surface area contributed by atoms with Gasteiger partial charge in [0.1, 0.15) is 0 Å². The second-order valence-electron chi connectivity index (χ2n) is 3.99. The molecule has 1 fully saturated rings. The van der Waals surface area contributed by atoms with Crippen LogP contribution in [-0.2, 0) is 4.74 Å². The summed E-state index contributed by atoms with van der Waals surface area (Å²) in [6.45, 7) is 1.52. The van der Waals surface area contributed by atoms with Gasteiger partial charge in [-0.05, 0) is 31.0 Å². The summed E-state index contributed by atoms with van der Waals surface area (Å²) in [7, 11) is 0. The van der Waals surface area contributed by atoms with Crippen molar-refractivity contribution in [2.45, 2.75) is 23.0 Å². The van der Waals surface area contributed by atoms with Crippen molar-refractivity contribution in [2.24, 2.45) is 0 Å². The molecule has 0 aliphatic carbocycles. The molecule has 1 aromatic carbocycles. The van der Waals surface area contributed by atoms with Crippen LogP contribution in [0.25, 0.3) is 0 Å². The Morgan fingerprint density at radius 2 is 2.12 bits per heavy atom. The number of ether oxygens (including phenoxy) is 1. The minimum Gasteiger partial charge on any atom is -0.478 e. The molecule has 0 aromatic heterocycles. The van der Waals surface area contributed by atoms with Gasteiger partial charge in [0.15, 0.2) is 0 Å². The molecule has 0 unspecified atom stereocenters. The number of carboxylic acid groups (broad SMARTS) is 1. The Balaban J connectivity index is 2.16. The fourth-order valence-corrected chi connectivity index (χ4v) is 3.00. The number of carboxylic acids is 1. The monoisotopic (exact) mass is 253 g/mol. The van der Waals surface area contributed by atoms with Crippen LogP contribution < -0.4 is 5.73 Å². The Bertz CT molecular complexity index is 416. The molecule has 0 atom stereocenters. The van der Waals surface area contributed by atoms with Crippen LogP contribution in [-0.4, -0.2) is 29.5 Å². The molecule has 0 bridgehead atoms. The van der Waals surface area contributed by atoms with Crippen molar-refractivity contribution in [2.75, 3.05) is 18.9 Å². The second-order valence-corrected chi connectivity index (χ2v) is 5.33. The Kier molecular flexibility index (Phi) is 3.91. The first-order chi connectivity index (χ1) is 8.16. The van der Waals surface area contributed by atoms with Gasteiger partial charge in [0.05, 0.1) is 5.56 Å². The summed E-state index contributed by atoms with van der Waals surface area (Å²) in [5, 5.41) is 9.56. The van der Waals surface area contributed by atoms with Crippen molar-refractivity contribution < 1.29 is 14.6 Å². The maximum Gasteiger partial charge on any atom is 0.336 e. The van der Waals surface area contributed by atoms with Crippen LogP contribution in [0, 0.1) is 0 Å². The Morgan fingerprint density at radius 1 is 1.41 bits per heavy atom. The van der Waals surface area contributed by atoms with Gasteiger partial charge in [-0.1, -0.05) is 0 Å². The first-order valence-electron chi connectivity index (χ1n) is 5.54. The third-order valence-electron chi connectivity index (χ3n) is 2.70. The van der Waals surface area contributed by atoms with Gasteiger partial charge in [0, 0.05) is 29.0 Å².